The van der Waals surface area contributed by atoms with E-state index < -0.39 is 6.10 Å². The van der Waals surface area contributed by atoms with Crippen molar-refractivity contribution in [1.29, 1.82) is 0 Å². The second kappa shape index (κ2) is 11.6. The molecule has 0 spiro atoms. The van der Waals surface area contributed by atoms with Gasteiger partial charge in [-0.05, 0) is 74.9 Å². The van der Waals surface area contributed by atoms with Gasteiger partial charge in [-0.2, -0.15) is 7.05 Å². The van der Waals surface area contributed by atoms with E-state index in [4.69, 9.17) is 0 Å². The van der Waals surface area contributed by atoms with E-state index in [2.05, 4.69) is 46.9 Å². The van der Waals surface area contributed by atoms with Gasteiger partial charge in [0.25, 0.3) is 0 Å². The zero-order chi connectivity index (χ0) is 16.2. The third-order valence-electron chi connectivity index (χ3n) is 5.37. The molecule has 0 amide bonds. The molecule has 1 aromatic rings. The monoisotopic (exact) mass is 426 g/mol. The number of rotatable bonds is 1. The minimum Gasteiger partial charge on any atom is -1.00 e. The van der Waals surface area contributed by atoms with Crippen LogP contribution in [0.25, 0.3) is 5.32 Å². The van der Waals surface area contributed by atoms with Gasteiger partial charge in [0.05, 0.1) is 0 Å². The van der Waals surface area contributed by atoms with Crippen LogP contribution in [0.4, 0.5) is 0 Å². The summed E-state index contributed by atoms with van der Waals surface area (Å²) >= 11 is 0. The van der Waals surface area contributed by atoms with E-state index in [-0.39, 0.29) is 37.9 Å². The predicted octanol–water partition coefficient (Wildman–Crippen LogP) is 1.20. The first-order valence-corrected chi connectivity index (χ1v) is 8.09. The van der Waals surface area contributed by atoms with Gasteiger partial charge >= 0.3 is 19.5 Å². The Morgan fingerprint density at radius 2 is 1.04 bits per heavy atom. The smallest absolute Gasteiger partial charge is 1.00 e. The van der Waals surface area contributed by atoms with Crippen LogP contribution in [0.15, 0.2) is 0 Å². The molecule has 1 aromatic carbocycles. The topological polar surface area (TPSA) is 37.2 Å². The zero-order valence-electron chi connectivity index (χ0n) is 15.6. The van der Waals surface area contributed by atoms with Crippen LogP contribution < -0.4 is 17.5 Å². The Balaban J connectivity index is 0. The van der Waals surface area contributed by atoms with Crippen molar-refractivity contribution in [3.63, 3.8) is 0 Å². The van der Waals surface area contributed by atoms with Crippen molar-refractivity contribution in [3.8, 4) is 0 Å². The van der Waals surface area contributed by atoms with Crippen LogP contribution in [-0.2, 0) is 19.5 Å². The second-order valence-corrected chi connectivity index (χ2v) is 6.40. The maximum Gasteiger partial charge on any atom is 3.00 e. The van der Waals surface area contributed by atoms with Gasteiger partial charge < -0.3 is 22.8 Å². The van der Waals surface area contributed by atoms with Crippen molar-refractivity contribution in [2.24, 2.45) is 0 Å². The zero-order valence-corrected chi connectivity index (χ0v) is 18.1. The third kappa shape index (κ3) is 6.46. The van der Waals surface area contributed by atoms with Gasteiger partial charge in [0.2, 0.25) is 0 Å². The summed E-state index contributed by atoms with van der Waals surface area (Å²) in [6.07, 6.45) is 3.76. The number of halogens is 1. The molecule has 4 heteroatoms. The van der Waals surface area contributed by atoms with Gasteiger partial charge in [0.1, 0.15) is 0 Å². The van der Waals surface area contributed by atoms with E-state index in [1.54, 1.807) is 7.05 Å². The molecule has 0 unspecified atom stereocenters. The summed E-state index contributed by atoms with van der Waals surface area (Å²) < 4.78 is 0. The first kappa shape index (κ1) is 25.3. The van der Waals surface area contributed by atoms with Gasteiger partial charge in [-0.3, -0.25) is 0 Å². The van der Waals surface area contributed by atoms with Crippen molar-refractivity contribution >= 4 is 0 Å². The van der Waals surface area contributed by atoms with Gasteiger partial charge in [-0.25, -0.2) is 0 Å². The average molecular weight is 426 g/mol. The largest absolute Gasteiger partial charge is 3.00 e. The van der Waals surface area contributed by atoms with E-state index in [0.717, 1.165) is 19.3 Å². The summed E-state index contributed by atoms with van der Waals surface area (Å²) in [7, 11) is 1.75. The molecule has 0 saturated heterocycles. The Labute approximate surface area is 162 Å². The first-order chi connectivity index (χ1) is 9.81. The standard InChI is InChI=1S/C12H18.C7H13NO.ClH.Ru/c1-7-8(2)10(4)12(6)11(5)9(7)3;1-8-6-4-2-3-5-7(6)9;;/h1-6H3;6-7H,2-5H2,1H3;1H;/q;-2;;+3/p-1/t;6-,7+;;/m.0../s1. The molecule has 1 saturated carbocycles. The number of hydrogen-bond donors (Lipinski definition) is 0. The van der Waals surface area contributed by atoms with Gasteiger partial charge in [-0.1, -0.05) is 25.7 Å². The number of likely N-dealkylation sites (N-methyl/N-ethyl adjacent to an activating group) is 1. The molecule has 2 rings (SSSR count). The number of benzene rings is 1. The van der Waals surface area contributed by atoms with Crippen molar-refractivity contribution in [3.05, 3.63) is 38.7 Å². The Morgan fingerprint density at radius 1 is 0.739 bits per heavy atom. The summed E-state index contributed by atoms with van der Waals surface area (Å²) in [5, 5.41) is 15.0. The Kier molecular flexibility index (Phi) is 12.7. The summed E-state index contributed by atoms with van der Waals surface area (Å²) in [4.78, 5) is 0. The molecule has 2 atom stereocenters. The summed E-state index contributed by atoms with van der Waals surface area (Å²) in [6, 6.07) is 0.124. The minimum absolute atomic E-state index is 0. The summed E-state index contributed by atoms with van der Waals surface area (Å²) in [5.41, 5.74) is 8.73. The van der Waals surface area contributed by atoms with Crippen LogP contribution in [0, 0.1) is 41.5 Å². The quantitative estimate of drug-likeness (QED) is 0.623. The molecule has 0 heterocycles. The second-order valence-electron chi connectivity index (χ2n) is 6.40. The number of hydrogen-bond acceptors (Lipinski definition) is 1. The van der Waals surface area contributed by atoms with Crippen molar-refractivity contribution in [1.82, 2.24) is 0 Å². The van der Waals surface area contributed by atoms with Crippen LogP contribution in [0.5, 0.6) is 0 Å². The molecule has 2 nitrogen and oxygen atoms in total. The van der Waals surface area contributed by atoms with Crippen molar-refractivity contribution < 1.29 is 37.0 Å². The summed E-state index contributed by atoms with van der Waals surface area (Å²) in [6.45, 7) is 13.3. The molecule has 1 aliphatic carbocycles. The van der Waals surface area contributed by atoms with Gasteiger partial charge in [-0.15, -0.1) is 12.1 Å². The van der Waals surface area contributed by atoms with E-state index in [1.807, 2.05) is 0 Å². The fourth-order valence-electron chi connectivity index (χ4n) is 3.06. The summed E-state index contributed by atoms with van der Waals surface area (Å²) in [5.74, 6) is 0. The molecular formula is C19H31ClNORu. The van der Waals surface area contributed by atoms with Crippen LogP contribution in [0.3, 0.4) is 0 Å². The van der Waals surface area contributed by atoms with Crippen molar-refractivity contribution in [2.45, 2.75) is 79.4 Å². The molecule has 1 fully saturated rings. The average Bonchev–Trinajstić information content (AvgIpc) is 2.50. The Hall–Kier alpha value is 0.0534. The predicted molar refractivity (Wildman–Crippen MR) is 90.2 cm³/mol. The van der Waals surface area contributed by atoms with Crippen LogP contribution in [0.2, 0.25) is 0 Å². The molecule has 0 N–H and O–H groups in total. The molecule has 0 bridgehead atoms. The molecular weight excluding hydrogens is 395 g/mol. The molecule has 0 aliphatic heterocycles. The van der Waals surface area contributed by atoms with E-state index >= 15 is 0 Å². The van der Waals surface area contributed by atoms with Crippen LogP contribution in [0.1, 0.15) is 59.1 Å². The third-order valence-corrected chi connectivity index (χ3v) is 5.37. The minimum atomic E-state index is -0.399. The SMILES string of the molecule is C[N-][C@H]1CCCC[C@H]1[O-].Cc1c(C)c(C)c(C)c(C)c1C.[Cl-].[Ru+3]. The Morgan fingerprint density at radius 3 is 1.26 bits per heavy atom. The normalized spacial score (nSPS) is 19.8. The maximum absolute atomic E-state index is 11.0. The molecule has 1 aliphatic rings. The fourth-order valence-corrected chi connectivity index (χ4v) is 3.06. The molecule has 23 heavy (non-hydrogen) atoms. The van der Waals surface area contributed by atoms with E-state index in [0.29, 0.717) is 0 Å². The van der Waals surface area contributed by atoms with Crippen molar-refractivity contribution in [2.75, 3.05) is 7.05 Å². The molecule has 133 valence electrons. The molecule has 1 radical (unpaired) electrons. The number of nitrogens with zero attached hydrogens (tertiary/aromatic N) is 1. The van der Waals surface area contributed by atoms with Crippen LogP contribution in [-0.4, -0.2) is 19.2 Å². The van der Waals surface area contributed by atoms with E-state index in [1.165, 1.54) is 39.8 Å². The van der Waals surface area contributed by atoms with Gasteiger partial charge in [0.15, 0.2) is 0 Å². The first-order valence-electron chi connectivity index (χ1n) is 8.09. The van der Waals surface area contributed by atoms with Gasteiger partial charge in [0, 0.05) is 0 Å². The van der Waals surface area contributed by atoms with E-state index in [9.17, 15) is 5.11 Å². The fraction of sp³-hybridized carbons (Fsp3) is 0.684. The molecule has 0 aromatic heterocycles. The Bertz CT molecular complexity index is 386. The van der Waals surface area contributed by atoms with Crippen LogP contribution >= 0.6 is 0 Å². The maximum atomic E-state index is 11.0.